The topological polar surface area (TPSA) is 49.8 Å². The maximum Gasteiger partial charge on any atom is 0.337 e. The van der Waals surface area contributed by atoms with Crippen LogP contribution >= 0.6 is 11.6 Å². The molecule has 1 saturated carbocycles. The van der Waals surface area contributed by atoms with Crippen LogP contribution in [0.2, 0.25) is 5.02 Å². The van der Waals surface area contributed by atoms with Crippen LogP contribution in [0.15, 0.2) is 18.2 Å². The van der Waals surface area contributed by atoms with Crippen LogP contribution in [0.5, 0.6) is 5.75 Å². The summed E-state index contributed by atoms with van der Waals surface area (Å²) in [6.45, 7) is 2.44. The van der Waals surface area contributed by atoms with Crippen molar-refractivity contribution in [2.24, 2.45) is 0 Å². The lowest BCUT2D eigenvalue weighted by molar-refractivity contribution is 0.00892. The van der Waals surface area contributed by atoms with Gasteiger partial charge in [0.15, 0.2) is 0 Å². The van der Waals surface area contributed by atoms with Crippen molar-refractivity contribution in [2.45, 2.75) is 44.2 Å². The van der Waals surface area contributed by atoms with E-state index in [2.05, 4.69) is 4.90 Å². The SMILES string of the molecule is O=C(O)c1ccc(O[C@H]2C[C@H](N3CCCCC3)C2)cc1Cl. The number of carboxylic acid groups (broad SMARTS) is 1. The van der Waals surface area contributed by atoms with Gasteiger partial charge in [-0.3, -0.25) is 0 Å². The van der Waals surface area contributed by atoms with Gasteiger partial charge in [-0.2, -0.15) is 0 Å². The number of hydrogen-bond acceptors (Lipinski definition) is 3. The van der Waals surface area contributed by atoms with Crippen LogP contribution in [0.1, 0.15) is 42.5 Å². The predicted octanol–water partition coefficient (Wildman–Crippen LogP) is 3.43. The normalized spacial score (nSPS) is 26.1. The zero-order chi connectivity index (χ0) is 14.8. The molecule has 3 rings (SSSR count). The molecule has 2 fully saturated rings. The number of hydrogen-bond donors (Lipinski definition) is 1. The van der Waals surface area contributed by atoms with Gasteiger partial charge in [0.1, 0.15) is 11.9 Å². The van der Waals surface area contributed by atoms with Crippen LogP contribution < -0.4 is 4.74 Å². The number of aromatic carboxylic acids is 1. The van der Waals surface area contributed by atoms with E-state index in [9.17, 15) is 4.79 Å². The summed E-state index contributed by atoms with van der Waals surface area (Å²) < 4.78 is 5.88. The number of likely N-dealkylation sites (tertiary alicyclic amines) is 1. The molecule has 1 N–H and O–H groups in total. The molecule has 0 unspecified atom stereocenters. The third kappa shape index (κ3) is 3.33. The smallest absolute Gasteiger partial charge is 0.337 e. The standard InChI is InChI=1S/C16H20ClNO3/c17-15-10-12(4-5-14(15)16(19)20)21-13-8-11(9-13)18-6-2-1-3-7-18/h4-5,10-11,13H,1-3,6-9H2,(H,19,20)/t11-,13-. The van der Waals surface area contributed by atoms with Crippen molar-refractivity contribution >= 4 is 17.6 Å². The molecule has 4 nitrogen and oxygen atoms in total. The molecule has 0 bridgehead atoms. The van der Waals surface area contributed by atoms with Crippen molar-refractivity contribution < 1.29 is 14.6 Å². The molecule has 5 heteroatoms. The molecule has 1 aromatic carbocycles. The molecular formula is C16H20ClNO3. The summed E-state index contributed by atoms with van der Waals surface area (Å²) >= 11 is 5.95. The lowest BCUT2D eigenvalue weighted by Crippen LogP contribution is -2.50. The van der Waals surface area contributed by atoms with Crippen molar-refractivity contribution in [3.63, 3.8) is 0 Å². The second kappa shape index (κ2) is 6.24. The first-order valence-corrected chi connectivity index (χ1v) is 7.95. The van der Waals surface area contributed by atoms with Crippen molar-refractivity contribution in [1.82, 2.24) is 4.90 Å². The Morgan fingerprint density at radius 3 is 2.57 bits per heavy atom. The molecule has 1 aromatic rings. The molecular weight excluding hydrogens is 290 g/mol. The highest BCUT2D eigenvalue weighted by Crippen LogP contribution is 2.32. The first kappa shape index (κ1) is 14.7. The Hall–Kier alpha value is -1.26. The molecule has 0 atom stereocenters. The highest BCUT2D eigenvalue weighted by Gasteiger charge is 2.35. The maximum absolute atomic E-state index is 10.9. The average molecular weight is 310 g/mol. The second-order valence-corrected chi connectivity index (χ2v) is 6.32. The quantitative estimate of drug-likeness (QED) is 0.925. The van der Waals surface area contributed by atoms with Gasteiger partial charge in [-0.25, -0.2) is 4.79 Å². The Kier molecular flexibility index (Phi) is 4.36. The zero-order valence-electron chi connectivity index (χ0n) is 11.9. The van der Waals surface area contributed by atoms with Crippen molar-refractivity contribution in [3.8, 4) is 5.75 Å². The van der Waals surface area contributed by atoms with Crippen LogP contribution in [0.3, 0.4) is 0 Å². The molecule has 0 radical (unpaired) electrons. The summed E-state index contributed by atoms with van der Waals surface area (Å²) in [6, 6.07) is 5.44. The number of benzene rings is 1. The monoisotopic (exact) mass is 309 g/mol. The van der Waals surface area contributed by atoms with Gasteiger partial charge >= 0.3 is 5.97 Å². The number of piperidine rings is 1. The minimum absolute atomic E-state index is 0.115. The predicted molar refractivity (Wildman–Crippen MR) is 81.3 cm³/mol. The molecule has 1 heterocycles. The van der Waals surface area contributed by atoms with Crippen LogP contribution in [0.25, 0.3) is 0 Å². The second-order valence-electron chi connectivity index (χ2n) is 5.91. The summed E-state index contributed by atoms with van der Waals surface area (Å²) in [6.07, 6.45) is 6.32. The molecule has 0 aromatic heterocycles. The van der Waals surface area contributed by atoms with Gasteiger partial charge < -0.3 is 14.7 Å². The third-order valence-corrected chi connectivity index (χ3v) is 4.76. The van der Waals surface area contributed by atoms with Gasteiger partial charge in [0.2, 0.25) is 0 Å². The Balaban J connectivity index is 1.52. The van der Waals surface area contributed by atoms with Gasteiger partial charge in [-0.05, 0) is 44.1 Å². The van der Waals surface area contributed by atoms with E-state index < -0.39 is 5.97 Å². The number of rotatable bonds is 4. The fourth-order valence-electron chi connectivity index (χ4n) is 3.15. The minimum Gasteiger partial charge on any atom is -0.490 e. The molecule has 21 heavy (non-hydrogen) atoms. The van der Waals surface area contributed by atoms with E-state index in [1.165, 1.54) is 38.4 Å². The molecule has 2 aliphatic rings. The van der Waals surface area contributed by atoms with E-state index in [0.717, 1.165) is 12.8 Å². The summed E-state index contributed by atoms with van der Waals surface area (Å²) in [4.78, 5) is 13.5. The van der Waals surface area contributed by atoms with Crippen LogP contribution in [0, 0.1) is 0 Å². The zero-order valence-corrected chi connectivity index (χ0v) is 12.7. The van der Waals surface area contributed by atoms with Crippen molar-refractivity contribution in [1.29, 1.82) is 0 Å². The molecule has 0 amide bonds. The van der Waals surface area contributed by atoms with Gasteiger partial charge in [0.05, 0.1) is 10.6 Å². The highest BCUT2D eigenvalue weighted by atomic mass is 35.5. The molecule has 0 spiro atoms. The van der Waals surface area contributed by atoms with Crippen LogP contribution in [-0.2, 0) is 0 Å². The Morgan fingerprint density at radius 1 is 1.24 bits per heavy atom. The molecule has 114 valence electrons. The van der Waals surface area contributed by atoms with E-state index in [4.69, 9.17) is 21.4 Å². The van der Waals surface area contributed by atoms with E-state index in [1.54, 1.807) is 12.1 Å². The van der Waals surface area contributed by atoms with E-state index in [-0.39, 0.29) is 16.7 Å². The summed E-state index contributed by atoms with van der Waals surface area (Å²) in [5.74, 6) is -0.354. The first-order chi connectivity index (χ1) is 10.1. The van der Waals surface area contributed by atoms with Gasteiger partial charge in [-0.1, -0.05) is 18.0 Å². The number of ether oxygens (including phenoxy) is 1. The number of carboxylic acids is 1. The average Bonchev–Trinajstić information content (AvgIpc) is 2.43. The Morgan fingerprint density at radius 2 is 1.95 bits per heavy atom. The van der Waals surface area contributed by atoms with Crippen LogP contribution in [0.4, 0.5) is 0 Å². The number of nitrogens with zero attached hydrogens (tertiary/aromatic N) is 1. The summed E-state index contributed by atoms with van der Waals surface area (Å²) in [5.41, 5.74) is 0.115. The van der Waals surface area contributed by atoms with Crippen molar-refractivity contribution in [3.05, 3.63) is 28.8 Å². The molecule has 1 aliphatic heterocycles. The Bertz CT molecular complexity index is 522. The first-order valence-electron chi connectivity index (χ1n) is 7.57. The Labute approximate surface area is 129 Å². The fourth-order valence-corrected chi connectivity index (χ4v) is 3.40. The van der Waals surface area contributed by atoms with Gasteiger partial charge in [-0.15, -0.1) is 0 Å². The van der Waals surface area contributed by atoms with E-state index in [1.807, 2.05) is 0 Å². The lowest BCUT2D eigenvalue weighted by Gasteiger charge is -2.44. The van der Waals surface area contributed by atoms with Gasteiger partial charge in [0.25, 0.3) is 0 Å². The third-order valence-electron chi connectivity index (χ3n) is 4.45. The summed E-state index contributed by atoms with van der Waals surface area (Å²) in [7, 11) is 0. The highest BCUT2D eigenvalue weighted by molar-refractivity contribution is 6.33. The van der Waals surface area contributed by atoms with E-state index in [0.29, 0.717) is 11.8 Å². The molecule has 1 saturated heterocycles. The maximum atomic E-state index is 10.9. The lowest BCUT2D eigenvalue weighted by atomic mass is 9.86. The van der Waals surface area contributed by atoms with E-state index >= 15 is 0 Å². The van der Waals surface area contributed by atoms with Crippen molar-refractivity contribution in [2.75, 3.05) is 13.1 Å². The summed E-state index contributed by atoms with van der Waals surface area (Å²) in [5, 5.41) is 9.17. The van der Waals surface area contributed by atoms with Crippen LogP contribution in [-0.4, -0.2) is 41.2 Å². The number of halogens is 1. The number of carbonyl (C=O) groups is 1. The minimum atomic E-state index is -1.01. The molecule has 1 aliphatic carbocycles. The largest absolute Gasteiger partial charge is 0.490 e. The van der Waals surface area contributed by atoms with Gasteiger partial charge in [0, 0.05) is 18.9 Å². The fraction of sp³-hybridized carbons (Fsp3) is 0.562.